The average molecular weight is 373 g/mol. The van der Waals surface area contributed by atoms with Crippen LogP contribution in [-0.4, -0.2) is 27.5 Å². The maximum absolute atomic E-state index is 10.4. The molecule has 0 unspecified atom stereocenters. The minimum absolute atomic E-state index is 0.0799. The number of aromatic hydroxyl groups is 2. The molecule has 23 heavy (non-hydrogen) atoms. The van der Waals surface area contributed by atoms with Crippen LogP contribution in [0.5, 0.6) is 11.6 Å². The predicted octanol–water partition coefficient (Wildman–Crippen LogP) is 4.59. The SMILES string of the molecule is CCCN=C(c1cccc(O)c1)c1c(O)[nH]c2ccc(Br)cc12. The van der Waals surface area contributed by atoms with E-state index in [2.05, 4.69) is 32.8 Å². The third-order valence-electron chi connectivity index (χ3n) is 3.59. The Kier molecular flexibility index (Phi) is 4.39. The second-order valence-corrected chi connectivity index (χ2v) is 6.23. The largest absolute Gasteiger partial charge is 0.508 e. The fourth-order valence-electron chi connectivity index (χ4n) is 2.58. The van der Waals surface area contributed by atoms with Gasteiger partial charge in [-0.3, -0.25) is 4.99 Å². The summed E-state index contributed by atoms with van der Waals surface area (Å²) in [6.45, 7) is 2.69. The van der Waals surface area contributed by atoms with Crippen LogP contribution in [0.3, 0.4) is 0 Å². The Labute approximate surface area is 142 Å². The molecule has 4 nitrogen and oxygen atoms in total. The van der Waals surface area contributed by atoms with Crippen LogP contribution in [0.1, 0.15) is 24.5 Å². The van der Waals surface area contributed by atoms with Gasteiger partial charge in [0, 0.05) is 27.5 Å². The summed E-state index contributed by atoms with van der Waals surface area (Å²) in [6, 6.07) is 12.7. The van der Waals surface area contributed by atoms with Gasteiger partial charge in [-0.25, -0.2) is 0 Å². The van der Waals surface area contributed by atoms with E-state index in [1.807, 2.05) is 24.3 Å². The summed E-state index contributed by atoms with van der Waals surface area (Å²) in [4.78, 5) is 7.63. The fraction of sp³-hybridized carbons (Fsp3) is 0.167. The smallest absolute Gasteiger partial charge is 0.199 e. The van der Waals surface area contributed by atoms with E-state index < -0.39 is 0 Å². The third kappa shape index (κ3) is 3.10. The monoisotopic (exact) mass is 372 g/mol. The standard InChI is InChI=1S/C18H17BrN2O2/c1-2-8-20-17(11-4-3-5-13(22)9-11)16-14-10-12(19)6-7-15(14)21-18(16)23/h3-7,9-10,21-23H,2,8H2,1H3. The summed E-state index contributed by atoms with van der Waals surface area (Å²) in [5.41, 5.74) is 2.93. The Morgan fingerprint density at radius 3 is 2.74 bits per heavy atom. The first-order chi connectivity index (χ1) is 11.1. The zero-order chi connectivity index (χ0) is 16.4. The molecule has 0 saturated heterocycles. The zero-order valence-electron chi connectivity index (χ0n) is 12.7. The van der Waals surface area contributed by atoms with E-state index in [1.165, 1.54) is 0 Å². The number of halogens is 1. The predicted molar refractivity (Wildman–Crippen MR) is 96.6 cm³/mol. The molecule has 5 heteroatoms. The number of phenolic OH excluding ortho intramolecular Hbond substituents is 1. The van der Waals surface area contributed by atoms with Crippen molar-refractivity contribution >= 4 is 32.5 Å². The molecule has 0 spiro atoms. The Hall–Kier alpha value is -2.27. The quantitative estimate of drug-likeness (QED) is 0.586. The molecule has 0 radical (unpaired) electrons. The number of fused-ring (bicyclic) bond motifs is 1. The van der Waals surface area contributed by atoms with Crippen LogP contribution in [0.25, 0.3) is 10.9 Å². The Bertz CT molecular complexity index is 884. The van der Waals surface area contributed by atoms with E-state index in [9.17, 15) is 10.2 Å². The van der Waals surface area contributed by atoms with Gasteiger partial charge in [-0.1, -0.05) is 35.0 Å². The molecule has 0 aliphatic rings. The van der Waals surface area contributed by atoms with E-state index in [4.69, 9.17) is 0 Å². The van der Waals surface area contributed by atoms with Crippen molar-refractivity contribution in [2.75, 3.05) is 6.54 Å². The summed E-state index contributed by atoms with van der Waals surface area (Å²) >= 11 is 3.47. The van der Waals surface area contributed by atoms with Gasteiger partial charge in [0.05, 0.1) is 11.3 Å². The fourth-order valence-corrected chi connectivity index (χ4v) is 2.94. The highest BCUT2D eigenvalue weighted by Gasteiger charge is 2.18. The lowest BCUT2D eigenvalue weighted by molar-refractivity contribution is 0.457. The van der Waals surface area contributed by atoms with Crippen LogP contribution in [0, 0.1) is 0 Å². The molecule has 0 fully saturated rings. The second-order valence-electron chi connectivity index (χ2n) is 5.32. The van der Waals surface area contributed by atoms with Crippen molar-refractivity contribution < 1.29 is 10.2 Å². The van der Waals surface area contributed by atoms with E-state index in [1.54, 1.807) is 18.2 Å². The van der Waals surface area contributed by atoms with Crippen molar-refractivity contribution in [3.8, 4) is 11.6 Å². The number of H-pyrrole nitrogens is 1. The van der Waals surface area contributed by atoms with Crippen molar-refractivity contribution in [1.82, 2.24) is 4.98 Å². The van der Waals surface area contributed by atoms with Gasteiger partial charge in [-0.2, -0.15) is 0 Å². The van der Waals surface area contributed by atoms with Gasteiger partial charge in [0.15, 0.2) is 5.88 Å². The first-order valence-electron chi connectivity index (χ1n) is 7.44. The highest BCUT2D eigenvalue weighted by molar-refractivity contribution is 9.10. The zero-order valence-corrected chi connectivity index (χ0v) is 14.3. The van der Waals surface area contributed by atoms with Crippen molar-refractivity contribution in [3.05, 3.63) is 58.1 Å². The third-order valence-corrected chi connectivity index (χ3v) is 4.08. The van der Waals surface area contributed by atoms with Gasteiger partial charge in [0.1, 0.15) is 5.75 Å². The second kappa shape index (κ2) is 6.46. The van der Waals surface area contributed by atoms with Crippen molar-refractivity contribution in [3.63, 3.8) is 0 Å². The molecule has 3 N–H and O–H groups in total. The van der Waals surface area contributed by atoms with Crippen LogP contribution >= 0.6 is 15.9 Å². The minimum atomic E-state index is 0.0799. The first-order valence-corrected chi connectivity index (χ1v) is 8.24. The lowest BCUT2D eigenvalue weighted by atomic mass is 10.0. The number of hydrogen-bond donors (Lipinski definition) is 3. The molecule has 3 aromatic rings. The van der Waals surface area contributed by atoms with E-state index >= 15 is 0 Å². The van der Waals surface area contributed by atoms with Gasteiger partial charge in [0.2, 0.25) is 0 Å². The molecule has 1 aromatic heterocycles. The van der Waals surface area contributed by atoms with Crippen LogP contribution in [0.4, 0.5) is 0 Å². The number of aromatic amines is 1. The lowest BCUT2D eigenvalue weighted by Crippen LogP contribution is -2.04. The number of nitrogens with one attached hydrogen (secondary N) is 1. The van der Waals surface area contributed by atoms with Gasteiger partial charge in [-0.05, 0) is 36.8 Å². The number of benzene rings is 2. The van der Waals surface area contributed by atoms with Crippen LogP contribution < -0.4 is 0 Å². The van der Waals surface area contributed by atoms with Crippen molar-refractivity contribution in [2.45, 2.75) is 13.3 Å². The Balaban J connectivity index is 2.25. The van der Waals surface area contributed by atoms with Crippen LogP contribution in [-0.2, 0) is 0 Å². The molecular weight excluding hydrogens is 356 g/mol. The molecule has 2 aromatic carbocycles. The summed E-state index contributed by atoms with van der Waals surface area (Å²) in [5, 5.41) is 21.1. The molecule has 0 bridgehead atoms. The van der Waals surface area contributed by atoms with E-state index in [-0.39, 0.29) is 11.6 Å². The van der Waals surface area contributed by atoms with Gasteiger partial charge in [0.25, 0.3) is 0 Å². The molecule has 0 atom stereocenters. The molecule has 118 valence electrons. The Morgan fingerprint density at radius 1 is 1.17 bits per heavy atom. The van der Waals surface area contributed by atoms with Crippen molar-refractivity contribution in [1.29, 1.82) is 0 Å². The summed E-state index contributed by atoms with van der Waals surface area (Å²) in [5.74, 6) is 0.253. The molecule has 0 aliphatic heterocycles. The number of aromatic nitrogens is 1. The number of aliphatic imine (C=N–C) groups is 1. The molecule has 3 rings (SSSR count). The minimum Gasteiger partial charge on any atom is -0.508 e. The Morgan fingerprint density at radius 2 is 2.00 bits per heavy atom. The lowest BCUT2D eigenvalue weighted by Gasteiger charge is -2.08. The van der Waals surface area contributed by atoms with Gasteiger partial charge < -0.3 is 15.2 Å². The topological polar surface area (TPSA) is 68.6 Å². The maximum atomic E-state index is 10.4. The van der Waals surface area contributed by atoms with Gasteiger partial charge >= 0.3 is 0 Å². The number of rotatable bonds is 4. The molecular formula is C18H17BrN2O2. The van der Waals surface area contributed by atoms with Gasteiger partial charge in [-0.15, -0.1) is 0 Å². The molecule has 0 saturated carbocycles. The summed E-state index contributed by atoms with van der Waals surface area (Å²) < 4.78 is 0.927. The molecule has 0 aliphatic carbocycles. The number of hydrogen-bond acceptors (Lipinski definition) is 3. The van der Waals surface area contributed by atoms with E-state index in [0.717, 1.165) is 27.4 Å². The summed E-state index contributed by atoms with van der Waals surface area (Å²) in [6.07, 6.45) is 0.898. The normalized spacial score (nSPS) is 12.0. The van der Waals surface area contributed by atoms with Crippen LogP contribution in [0.2, 0.25) is 0 Å². The molecule has 1 heterocycles. The van der Waals surface area contributed by atoms with Crippen molar-refractivity contribution in [2.24, 2.45) is 4.99 Å². The highest BCUT2D eigenvalue weighted by Crippen LogP contribution is 2.32. The average Bonchev–Trinajstić information content (AvgIpc) is 2.84. The van der Waals surface area contributed by atoms with E-state index in [0.29, 0.717) is 17.8 Å². The highest BCUT2D eigenvalue weighted by atomic mass is 79.9. The van der Waals surface area contributed by atoms with Crippen LogP contribution in [0.15, 0.2) is 51.9 Å². The molecule has 0 amide bonds. The number of nitrogens with zero attached hydrogens (tertiary/aromatic N) is 1. The summed E-state index contributed by atoms with van der Waals surface area (Å²) in [7, 11) is 0. The maximum Gasteiger partial charge on any atom is 0.199 e. The first kappa shape index (κ1) is 15.6. The number of phenols is 1.